The molecular weight excluding hydrogens is 511 g/mol. The van der Waals surface area contributed by atoms with E-state index < -0.39 is 11.8 Å². The quantitative estimate of drug-likeness (QED) is 0.423. The van der Waals surface area contributed by atoms with Gasteiger partial charge >= 0.3 is 6.03 Å². The number of urea groups is 1. The molecule has 2 aliphatic rings. The Kier molecular flexibility index (Phi) is 6.30. The first-order chi connectivity index (χ1) is 19.3. The van der Waals surface area contributed by atoms with Gasteiger partial charge in [0.2, 0.25) is 5.91 Å². The van der Waals surface area contributed by atoms with Gasteiger partial charge in [-0.1, -0.05) is 30.3 Å². The Labute approximate surface area is 230 Å². The third-order valence-electron chi connectivity index (χ3n) is 7.50. The molecule has 1 aromatic heterocycles. The van der Waals surface area contributed by atoms with Gasteiger partial charge in [-0.15, -0.1) is 0 Å². The average Bonchev–Trinajstić information content (AvgIpc) is 3.32. The molecule has 0 spiro atoms. The van der Waals surface area contributed by atoms with Crippen LogP contribution in [0.1, 0.15) is 32.7 Å². The van der Waals surface area contributed by atoms with E-state index in [-0.39, 0.29) is 30.6 Å². The van der Waals surface area contributed by atoms with Crippen LogP contribution in [0.5, 0.6) is 0 Å². The number of fused-ring (bicyclic) bond motifs is 3. The topological polar surface area (TPSA) is 90.8 Å². The molecule has 3 aromatic carbocycles. The Hall–Kier alpha value is -4.99. The molecule has 2 aliphatic heterocycles. The second-order valence-electron chi connectivity index (χ2n) is 9.95. The van der Waals surface area contributed by atoms with E-state index in [0.717, 1.165) is 33.0 Å². The lowest BCUT2D eigenvalue weighted by molar-refractivity contribution is -0.117. The summed E-state index contributed by atoms with van der Waals surface area (Å²) in [6, 6.07) is 18.9. The Bertz CT molecular complexity index is 1660. The van der Waals surface area contributed by atoms with Gasteiger partial charge in [0.15, 0.2) is 0 Å². The molecule has 0 saturated heterocycles. The van der Waals surface area contributed by atoms with Crippen LogP contribution in [-0.4, -0.2) is 41.2 Å². The fourth-order valence-electron chi connectivity index (χ4n) is 5.25. The Morgan fingerprint density at radius 1 is 0.950 bits per heavy atom. The summed E-state index contributed by atoms with van der Waals surface area (Å²) in [6.07, 6.45) is 1.74. The van der Waals surface area contributed by atoms with Gasteiger partial charge in [-0.05, 0) is 60.0 Å². The number of hydrogen-bond acceptors (Lipinski definition) is 4. The molecule has 0 unspecified atom stereocenters. The molecule has 1 N–H and O–H groups in total. The SMILES string of the molecule is Cc1cc(C(=O)N2Cc3ccnn3Cc3ccccc32)ccc1CNC(=O)N1CC(=O)N(C)c2cccc(F)c21. The maximum Gasteiger partial charge on any atom is 0.322 e. The summed E-state index contributed by atoms with van der Waals surface area (Å²) in [6.45, 7) is 2.74. The van der Waals surface area contributed by atoms with Crippen molar-refractivity contribution in [2.24, 2.45) is 0 Å². The van der Waals surface area contributed by atoms with E-state index in [0.29, 0.717) is 24.3 Å². The van der Waals surface area contributed by atoms with Gasteiger partial charge in [0.25, 0.3) is 5.91 Å². The minimum Gasteiger partial charge on any atom is -0.334 e. The predicted octanol–water partition coefficient (Wildman–Crippen LogP) is 4.23. The van der Waals surface area contributed by atoms with Crippen molar-refractivity contribution >= 4 is 34.9 Å². The molecule has 0 fully saturated rings. The van der Waals surface area contributed by atoms with Crippen molar-refractivity contribution in [1.29, 1.82) is 0 Å². The van der Waals surface area contributed by atoms with Crippen LogP contribution in [0.2, 0.25) is 0 Å². The molecule has 4 aromatic rings. The third-order valence-corrected chi connectivity index (χ3v) is 7.50. The number of nitrogens with one attached hydrogen (secondary N) is 1. The van der Waals surface area contributed by atoms with Gasteiger partial charge < -0.3 is 15.1 Å². The first-order valence-electron chi connectivity index (χ1n) is 12.9. The zero-order valence-electron chi connectivity index (χ0n) is 22.1. The van der Waals surface area contributed by atoms with Crippen molar-refractivity contribution in [1.82, 2.24) is 15.1 Å². The standard InChI is InChI=1S/C30H27FN6O3/c1-19-14-20(29(39)35-17-23-12-13-33-37(23)16-22-6-3-4-8-25(22)35)10-11-21(19)15-32-30(40)36-18-27(38)34(2)26-9-5-7-24(31)28(26)36/h3-14H,15-18H2,1-2H3,(H,32,40). The van der Waals surface area contributed by atoms with Gasteiger partial charge in [-0.2, -0.15) is 5.10 Å². The molecule has 0 saturated carbocycles. The summed E-state index contributed by atoms with van der Waals surface area (Å²) in [5.41, 5.74) is 5.35. The first kappa shape index (κ1) is 25.3. The number of aromatic nitrogens is 2. The van der Waals surface area contributed by atoms with E-state index in [9.17, 15) is 18.8 Å². The molecule has 0 atom stereocenters. The highest BCUT2D eigenvalue weighted by atomic mass is 19.1. The molecule has 3 heterocycles. The Morgan fingerprint density at radius 3 is 2.58 bits per heavy atom. The van der Waals surface area contributed by atoms with Crippen molar-refractivity contribution in [2.75, 3.05) is 28.3 Å². The highest BCUT2D eigenvalue weighted by Gasteiger charge is 2.33. The maximum atomic E-state index is 14.7. The van der Waals surface area contributed by atoms with Crippen molar-refractivity contribution < 1.29 is 18.8 Å². The number of aryl methyl sites for hydroxylation is 1. The van der Waals surface area contributed by atoms with Crippen LogP contribution in [0.15, 0.2) is 72.9 Å². The third kappa shape index (κ3) is 4.37. The Morgan fingerprint density at radius 2 is 1.75 bits per heavy atom. The molecule has 0 radical (unpaired) electrons. The van der Waals surface area contributed by atoms with E-state index >= 15 is 0 Å². The van der Waals surface area contributed by atoms with Crippen LogP contribution >= 0.6 is 0 Å². The van der Waals surface area contributed by atoms with E-state index in [4.69, 9.17) is 0 Å². The van der Waals surface area contributed by atoms with Gasteiger partial charge in [-0.25, -0.2) is 9.18 Å². The molecule has 40 heavy (non-hydrogen) atoms. The monoisotopic (exact) mass is 538 g/mol. The fourth-order valence-corrected chi connectivity index (χ4v) is 5.25. The molecule has 10 heteroatoms. The van der Waals surface area contributed by atoms with Gasteiger partial charge in [0, 0.05) is 31.0 Å². The second-order valence-corrected chi connectivity index (χ2v) is 9.95. The van der Waals surface area contributed by atoms with Crippen LogP contribution < -0.4 is 20.0 Å². The number of para-hydroxylation sites is 2. The molecule has 0 aliphatic carbocycles. The largest absolute Gasteiger partial charge is 0.334 e. The minimum absolute atomic E-state index is 0.0684. The van der Waals surface area contributed by atoms with Crippen LogP contribution in [0, 0.1) is 12.7 Å². The molecular formula is C30H27FN6O3. The summed E-state index contributed by atoms with van der Waals surface area (Å²) < 4.78 is 16.6. The summed E-state index contributed by atoms with van der Waals surface area (Å²) in [5, 5.41) is 7.20. The van der Waals surface area contributed by atoms with Crippen LogP contribution in [0.3, 0.4) is 0 Å². The molecule has 4 amide bonds. The summed E-state index contributed by atoms with van der Waals surface area (Å²) in [5.74, 6) is -1.03. The van der Waals surface area contributed by atoms with Crippen LogP contribution in [0.25, 0.3) is 0 Å². The van der Waals surface area contributed by atoms with Crippen molar-refractivity contribution in [3.63, 3.8) is 0 Å². The van der Waals surface area contributed by atoms with Crippen molar-refractivity contribution in [2.45, 2.75) is 26.6 Å². The molecule has 202 valence electrons. The number of carbonyl (C=O) groups is 3. The van der Waals surface area contributed by atoms with Gasteiger partial charge in [0.05, 0.1) is 24.5 Å². The van der Waals surface area contributed by atoms with E-state index in [1.54, 1.807) is 36.3 Å². The summed E-state index contributed by atoms with van der Waals surface area (Å²) in [7, 11) is 1.56. The highest BCUT2D eigenvalue weighted by Crippen LogP contribution is 2.35. The van der Waals surface area contributed by atoms with Crippen LogP contribution in [-0.2, 0) is 24.4 Å². The van der Waals surface area contributed by atoms with Crippen molar-refractivity contribution in [3.8, 4) is 0 Å². The van der Waals surface area contributed by atoms with Gasteiger partial charge in [-0.3, -0.25) is 19.2 Å². The highest BCUT2D eigenvalue weighted by molar-refractivity contribution is 6.10. The first-order valence-corrected chi connectivity index (χ1v) is 12.9. The normalized spacial score (nSPS) is 14.3. The van der Waals surface area contributed by atoms with E-state index in [2.05, 4.69) is 10.4 Å². The lowest BCUT2D eigenvalue weighted by Crippen LogP contribution is -2.50. The smallest absolute Gasteiger partial charge is 0.322 e. The van der Waals surface area contributed by atoms with E-state index in [1.165, 1.54) is 17.0 Å². The molecule has 6 rings (SSSR count). The fraction of sp³-hybridized carbons (Fsp3) is 0.200. The minimum atomic E-state index is -0.579. The zero-order valence-corrected chi connectivity index (χ0v) is 22.1. The summed E-state index contributed by atoms with van der Waals surface area (Å²) in [4.78, 5) is 43.5. The van der Waals surface area contributed by atoms with E-state index in [1.807, 2.05) is 48.0 Å². The predicted molar refractivity (Wildman–Crippen MR) is 149 cm³/mol. The maximum absolute atomic E-state index is 14.7. The Balaban J connectivity index is 1.20. The lowest BCUT2D eigenvalue weighted by atomic mass is 10.0. The second kappa shape index (κ2) is 9.96. The number of carbonyl (C=O) groups excluding carboxylic acids is 3. The van der Waals surface area contributed by atoms with Crippen molar-refractivity contribution in [3.05, 3.63) is 107 Å². The number of halogens is 1. The lowest BCUT2D eigenvalue weighted by Gasteiger charge is -2.34. The van der Waals surface area contributed by atoms with Crippen LogP contribution in [0.4, 0.5) is 26.2 Å². The number of nitrogens with zero attached hydrogens (tertiary/aromatic N) is 5. The zero-order chi connectivity index (χ0) is 28.0. The number of hydrogen-bond donors (Lipinski definition) is 1. The number of benzene rings is 3. The number of anilines is 3. The molecule has 9 nitrogen and oxygen atoms in total. The van der Waals surface area contributed by atoms with Gasteiger partial charge in [0.1, 0.15) is 18.0 Å². The number of amides is 4. The number of rotatable bonds is 3. The average molecular weight is 539 g/mol. The molecule has 0 bridgehead atoms. The summed E-state index contributed by atoms with van der Waals surface area (Å²) >= 11 is 0. The number of likely N-dealkylation sites (N-methyl/N-ethyl adjacent to an activating group) is 1.